The Morgan fingerprint density at radius 3 is 2.58 bits per heavy atom. The Balaban J connectivity index is 2.95. The first-order chi connectivity index (χ1) is 8.60. The van der Waals surface area contributed by atoms with Crippen molar-refractivity contribution in [3.8, 4) is 5.75 Å². The number of ether oxygens (including phenoxy) is 1. The molecule has 0 radical (unpaired) electrons. The topological polar surface area (TPSA) is 55.4 Å². The minimum absolute atomic E-state index is 0.0475. The molecule has 0 saturated heterocycles. The van der Waals surface area contributed by atoms with Gasteiger partial charge in [-0.3, -0.25) is 0 Å². The average molecular weight is 316 g/mol. The van der Waals surface area contributed by atoms with Crippen LogP contribution in [-0.2, 0) is 10.0 Å². The third kappa shape index (κ3) is 5.50. The van der Waals surface area contributed by atoms with Crippen LogP contribution in [0.3, 0.4) is 0 Å². The van der Waals surface area contributed by atoms with Crippen molar-refractivity contribution in [1.29, 1.82) is 0 Å². The molecule has 1 rings (SSSR count). The zero-order chi connectivity index (χ0) is 14.7. The predicted molar refractivity (Wildman–Crippen MR) is 63.3 cm³/mol. The number of halogens is 4. The first-order valence-electron chi connectivity index (χ1n) is 4.79. The van der Waals surface area contributed by atoms with Gasteiger partial charge in [0.05, 0.1) is 4.90 Å². The zero-order valence-corrected chi connectivity index (χ0v) is 10.9. The van der Waals surface area contributed by atoms with Gasteiger partial charge in [0.25, 0.3) is 0 Å². The minimum Gasteiger partial charge on any atom is -0.406 e. The molecule has 9 heteroatoms. The van der Waals surface area contributed by atoms with Gasteiger partial charge in [-0.2, -0.15) is 0 Å². The number of rotatable bonds is 5. The highest BCUT2D eigenvalue weighted by Crippen LogP contribution is 2.24. The first kappa shape index (κ1) is 15.8. The Labute approximate surface area is 112 Å². The minimum atomic E-state index is -4.89. The van der Waals surface area contributed by atoms with E-state index in [0.29, 0.717) is 0 Å². The Kier molecular flexibility index (Phi) is 4.83. The fraction of sp³-hybridized carbons (Fsp3) is 0.200. The zero-order valence-electron chi connectivity index (χ0n) is 9.37. The largest absolute Gasteiger partial charge is 0.573 e. The Bertz CT molecular complexity index is 572. The average Bonchev–Trinajstić information content (AvgIpc) is 2.24. The molecule has 0 aromatic heterocycles. The summed E-state index contributed by atoms with van der Waals surface area (Å²) in [4.78, 5) is -0.368. The second-order valence-electron chi connectivity index (χ2n) is 3.36. The number of hydrogen-bond acceptors (Lipinski definition) is 3. The van der Waals surface area contributed by atoms with E-state index in [-0.39, 0.29) is 16.5 Å². The van der Waals surface area contributed by atoms with Gasteiger partial charge in [-0.05, 0) is 12.1 Å². The van der Waals surface area contributed by atoms with Crippen LogP contribution in [0.2, 0.25) is 0 Å². The summed E-state index contributed by atoms with van der Waals surface area (Å²) in [7, 11) is -3.98. The molecule has 0 saturated carbocycles. The second kappa shape index (κ2) is 5.81. The molecule has 0 aliphatic rings. The smallest absolute Gasteiger partial charge is 0.406 e. The number of hydrogen-bond donors (Lipinski definition) is 1. The highest BCUT2D eigenvalue weighted by molar-refractivity contribution is 7.89. The summed E-state index contributed by atoms with van der Waals surface area (Å²) in [6, 6.07) is 4.01. The third-order valence-electron chi connectivity index (χ3n) is 1.80. The number of sulfonamides is 1. The van der Waals surface area contributed by atoms with Gasteiger partial charge in [0, 0.05) is 17.6 Å². The normalized spacial score (nSPS) is 12.2. The van der Waals surface area contributed by atoms with Gasteiger partial charge in [0.2, 0.25) is 10.0 Å². The van der Waals surface area contributed by atoms with E-state index >= 15 is 0 Å². The quantitative estimate of drug-likeness (QED) is 0.908. The lowest BCUT2D eigenvalue weighted by atomic mass is 10.3. The van der Waals surface area contributed by atoms with E-state index in [2.05, 4.69) is 16.0 Å². The molecular weight excluding hydrogens is 307 g/mol. The van der Waals surface area contributed by atoms with Gasteiger partial charge in [-0.15, -0.1) is 13.2 Å². The SMILES string of the molecule is C=C(Cl)CNS(=O)(=O)c1cccc(OC(F)(F)F)c1. The van der Waals surface area contributed by atoms with E-state index in [0.717, 1.165) is 24.3 Å². The molecular formula is C10H9ClF3NO3S. The van der Waals surface area contributed by atoms with Crippen LogP contribution < -0.4 is 9.46 Å². The van der Waals surface area contributed by atoms with Crippen LogP contribution in [0.5, 0.6) is 5.75 Å². The van der Waals surface area contributed by atoms with Gasteiger partial charge < -0.3 is 4.74 Å². The van der Waals surface area contributed by atoms with Crippen molar-refractivity contribution in [3.63, 3.8) is 0 Å². The van der Waals surface area contributed by atoms with Gasteiger partial charge >= 0.3 is 6.36 Å². The van der Waals surface area contributed by atoms with Crippen molar-refractivity contribution in [2.45, 2.75) is 11.3 Å². The molecule has 0 fully saturated rings. The maximum absolute atomic E-state index is 12.0. The maximum atomic E-state index is 12.0. The van der Waals surface area contributed by atoms with Gasteiger partial charge in [-0.1, -0.05) is 24.2 Å². The summed E-state index contributed by atoms with van der Waals surface area (Å²) >= 11 is 5.39. The third-order valence-corrected chi connectivity index (χ3v) is 3.34. The molecule has 0 aliphatic carbocycles. The highest BCUT2D eigenvalue weighted by atomic mass is 35.5. The molecule has 4 nitrogen and oxygen atoms in total. The highest BCUT2D eigenvalue weighted by Gasteiger charge is 2.31. The molecule has 0 amide bonds. The van der Waals surface area contributed by atoms with Gasteiger partial charge in [0.1, 0.15) is 5.75 Å². The predicted octanol–water partition coefficient (Wildman–Crippen LogP) is 2.62. The molecule has 1 aromatic rings. The van der Waals surface area contributed by atoms with Gasteiger partial charge in [-0.25, -0.2) is 13.1 Å². The molecule has 0 heterocycles. The molecule has 0 aliphatic heterocycles. The van der Waals surface area contributed by atoms with E-state index in [4.69, 9.17) is 11.6 Å². The van der Waals surface area contributed by atoms with Crippen molar-refractivity contribution in [3.05, 3.63) is 35.9 Å². The van der Waals surface area contributed by atoms with Crippen molar-refractivity contribution < 1.29 is 26.3 Å². The Morgan fingerprint density at radius 1 is 1.42 bits per heavy atom. The summed E-state index contributed by atoms with van der Waals surface area (Å²) in [5.41, 5.74) is 0. The van der Waals surface area contributed by atoms with E-state index in [9.17, 15) is 21.6 Å². The summed E-state index contributed by atoms with van der Waals surface area (Å²) in [6.45, 7) is 3.05. The molecule has 0 bridgehead atoms. The summed E-state index contributed by atoms with van der Waals surface area (Å²) < 4.78 is 65.1. The fourth-order valence-corrected chi connectivity index (χ4v) is 2.30. The lowest BCUT2D eigenvalue weighted by molar-refractivity contribution is -0.274. The second-order valence-corrected chi connectivity index (χ2v) is 5.67. The number of nitrogens with one attached hydrogen (secondary N) is 1. The van der Waals surface area contributed by atoms with Crippen LogP contribution in [-0.4, -0.2) is 21.3 Å². The van der Waals surface area contributed by atoms with Crippen molar-refractivity contribution >= 4 is 21.6 Å². The lowest BCUT2D eigenvalue weighted by Crippen LogP contribution is -2.25. The van der Waals surface area contributed by atoms with Crippen LogP contribution in [0, 0.1) is 0 Å². The molecule has 0 spiro atoms. The first-order valence-corrected chi connectivity index (χ1v) is 6.65. The fourth-order valence-electron chi connectivity index (χ4n) is 1.10. The van der Waals surface area contributed by atoms with Crippen LogP contribution >= 0.6 is 11.6 Å². The standard InChI is InChI=1S/C10H9ClF3NO3S/c1-7(11)6-15-19(16,17)9-4-2-3-8(5-9)18-10(12,13)14/h2-5,15H,1,6H2. The van der Waals surface area contributed by atoms with Crippen LogP contribution in [0.4, 0.5) is 13.2 Å². The summed E-state index contributed by atoms with van der Waals surface area (Å²) in [5.74, 6) is -0.625. The molecule has 1 N–H and O–H groups in total. The monoisotopic (exact) mass is 315 g/mol. The van der Waals surface area contributed by atoms with Crippen molar-refractivity contribution in [2.24, 2.45) is 0 Å². The molecule has 0 atom stereocenters. The van der Waals surface area contributed by atoms with E-state index in [1.54, 1.807) is 0 Å². The van der Waals surface area contributed by atoms with E-state index < -0.39 is 22.1 Å². The number of benzene rings is 1. The van der Waals surface area contributed by atoms with E-state index in [1.165, 1.54) is 0 Å². The maximum Gasteiger partial charge on any atom is 0.573 e. The summed E-state index contributed by atoms with van der Waals surface area (Å²) in [6.07, 6.45) is -4.89. The van der Waals surface area contributed by atoms with Crippen LogP contribution in [0.1, 0.15) is 0 Å². The molecule has 0 unspecified atom stereocenters. The Hall–Kier alpha value is -1.25. The van der Waals surface area contributed by atoms with Crippen molar-refractivity contribution in [1.82, 2.24) is 4.72 Å². The lowest BCUT2D eigenvalue weighted by Gasteiger charge is -2.10. The number of alkyl halides is 3. The molecule has 106 valence electrons. The van der Waals surface area contributed by atoms with E-state index in [1.807, 2.05) is 0 Å². The van der Waals surface area contributed by atoms with Gasteiger partial charge in [0.15, 0.2) is 0 Å². The Morgan fingerprint density at radius 2 is 2.05 bits per heavy atom. The van der Waals surface area contributed by atoms with Crippen LogP contribution in [0.25, 0.3) is 0 Å². The van der Waals surface area contributed by atoms with Crippen LogP contribution in [0.15, 0.2) is 40.8 Å². The van der Waals surface area contributed by atoms with Crippen molar-refractivity contribution in [2.75, 3.05) is 6.54 Å². The molecule has 19 heavy (non-hydrogen) atoms. The summed E-state index contributed by atoms with van der Waals surface area (Å²) in [5, 5.41) is 0.0475. The molecule has 1 aromatic carbocycles.